The highest BCUT2D eigenvalue weighted by Crippen LogP contribution is 2.31. The molecule has 112 valence electrons. The fourth-order valence-electron chi connectivity index (χ4n) is 2.61. The first-order valence-electron chi connectivity index (χ1n) is 7.19. The molecule has 0 aliphatic carbocycles. The quantitative estimate of drug-likeness (QED) is 0.752. The highest BCUT2D eigenvalue weighted by atomic mass is 32.1. The minimum Gasteiger partial charge on any atom is -0.458 e. The number of nitrogen functional groups attached to an aromatic ring is 1. The van der Waals surface area contributed by atoms with Crippen molar-refractivity contribution in [3.63, 3.8) is 0 Å². The van der Waals surface area contributed by atoms with Crippen LogP contribution in [-0.4, -0.2) is 28.0 Å². The summed E-state index contributed by atoms with van der Waals surface area (Å²) in [5, 5.41) is 0.930. The van der Waals surface area contributed by atoms with Crippen molar-refractivity contribution in [2.75, 3.05) is 18.8 Å². The van der Waals surface area contributed by atoms with Crippen molar-refractivity contribution in [3.05, 3.63) is 41.0 Å². The Morgan fingerprint density at radius 3 is 2.82 bits per heavy atom. The Labute approximate surface area is 132 Å². The van der Waals surface area contributed by atoms with Gasteiger partial charge in [-0.2, -0.15) is 0 Å². The zero-order chi connectivity index (χ0) is 15.1. The molecule has 0 radical (unpaired) electrons. The van der Waals surface area contributed by atoms with Gasteiger partial charge >= 0.3 is 0 Å². The summed E-state index contributed by atoms with van der Waals surface area (Å²) in [5.74, 6) is 2.56. The van der Waals surface area contributed by atoms with Crippen molar-refractivity contribution < 1.29 is 4.42 Å². The zero-order valence-corrected chi connectivity index (χ0v) is 13.1. The van der Waals surface area contributed by atoms with E-state index in [1.165, 1.54) is 4.88 Å². The minimum atomic E-state index is 0.510. The molecule has 5 nitrogen and oxygen atoms in total. The number of nitrogens with two attached hydrogens (primary N) is 1. The van der Waals surface area contributed by atoms with Crippen molar-refractivity contribution in [1.82, 2.24) is 14.9 Å². The fourth-order valence-corrected chi connectivity index (χ4v) is 3.69. The maximum absolute atomic E-state index is 6.11. The summed E-state index contributed by atoms with van der Waals surface area (Å²) in [5.41, 5.74) is 6.11. The average molecular weight is 312 g/mol. The third kappa shape index (κ3) is 2.40. The molecular formula is C16H16N4OS. The molecule has 1 aliphatic heterocycles. The Kier molecular flexibility index (Phi) is 3.20. The van der Waals surface area contributed by atoms with Gasteiger partial charge in [0.2, 0.25) is 0 Å². The number of furan rings is 1. The lowest BCUT2D eigenvalue weighted by atomic mass is 10.3. The van der Waals surface area contributed by atoms with Gasteiger partial charge in [0.15, 0.2) is 11.6 Å². The van der Waals surface area contributed by atoms with Crippen LogP contribution in [0.3, 0.4) is 0 Å². The third-order valence-corrected chi connectivity index (χ3v) is 4.72. The van der Waals surface area contributed by atoms with Crippen LogP contribution < -0.4 is 5.73 Å². The Bertz CT molecular complexity index is 856. The molecule has 0 fully saturated rings. The van der Waals surface area contributed by atoms with Crippen molar-refractivity contribution >= 4 is 27.4 Å². The molecule has 3 aromatic rings. The molecule has 3 aromatic heterocycles. The van der Waals surface area contributed by atoms with Crippen LogP contribution in [0.4, 0.5) is 5.82 Å². The summed E-state index contributed by atoms with van der Waals surface area (Å²) < 4.78 is 5.60. The first-order valence-corrected chi connectivity index (χ1v) is 8.01. The van der Waals surface area contributed by atoms with Crippen LogP contribution in [0.15, 0.2) is 34.8 Å². The van der Waals surface area contributed by atoms with Gasteiger partial charge < -0.3 is 10.2 Å². The molecule has 2 N–H and O–H groups in total. The van der Waals surface area contributed by atoms with Gasteiger partial charge in [-0.15, -0.1) is 11.3 Å². The molecule has 0 saturated carbocycles. The normalized spacial score (nSPS) is 15.1. The fraction of sp³-hybridized carbons (Fsp3) is 0.250. The van der Waals surface area contributed by atoms with Gasteiger partial charge in [0.1, 0.15) is 16.4 Å². The molecule has 0 atom stereocenters. The van der Waals surface area contributed by atoms with Crippen LogP contribution in [0.25, 0.3) is 21.8 Å². The smallest absolute Gasteiger partial charge is 0.199 e. The Morgan fingerprint density at radius 1 is 1.27 bits per heavy atom. The second-order valence-electron chi connectivity index (χ2n) is 5.44. The maximum Gasteiger partial charge on any atom is 0.199 e. The van der Waals surface area contributed by atoms with Gasteiger partial charge in [0.25, 0.3) is 0 Å². The van der Waals surface area contributed by atoms with E-state index < -0.39 is 0 Å². The van der Waals surface area contributed by atoms with E-state index in [-0.39, 0.29) is 0 Å². The first-order chi connectivity index (χ1) is 10.7. The molecule has 0 amide bonds. The number of anilines is 1. The van der Waals surface area contributed by atoms with E-state index in [1.54, 1.807) is 11.3 Å². The predicted molar refractivity (Wildman–Crippen MR) is 88.7 cm³/mol. The number of fused-ring (bicyclic) bond motifs is 1. The number of aromatic nitrogens is 2. The van der Waals surface area contributed by atoms with Crippen molar-refractivity contribution in [2.24, 2.45) is 0 Å². The van der Waals surface area contributed by atoms with Crippen LogP contribution in [0.2, 0.25) is 0 Å². The van der Waals surface area contributed by atoms with Gasteiger partial charge in [-0.1, -0.05) is 12.2 Å². The van der Waals surface area contributed by atoms with E-state index in [0.717, 1.165) is 35.6 Å². The Morgan fingerprint density at radius 2 is 2.09 bits per heavy atom. The van der Waals surface area contributed by atoms with Crippen molar-refractivity contribution in [1.29, 1.82) is 0 Å². The van der Waals surface area contributed by atoms with Crippen LogP contribution in [0.5, 0.6) is 0 Å². The molecular weight excluding hydrogens is 296 g/mol. The number of thiophene rings is 1. The molecule has 1 aliphatic rings. The van der Waals surface area contributed by atoms with Crippen LogP contribution in [0, 0.1) is 6.92 Å². The summed E-state index contributed by atoms with van der Waals surface area (Å²) in [7, 11) is 0. The molecule has 4 heterocycles. The molecule has 6 heteroatoms. The summed E-state index contributed by atoms with van der Waals surface area (Å²) >= 11 is 1.67. The summed E-state index contributed by atoms with van der Waals surface area (Å²) in [6, 6.07) is 5.88. The first kappa shape index (κ1) is 13.5. The molecule has 0 unspecified atom stereocenters. The number of rotatable bonds is 3. The standard InChI is InChI=1S/C16H16N4OS/c1-10-4-5-13(21-10)15-18-14(17)12-8-11(22-16(12)19-15)9-20-6-2-3-7-20/h2-5,8H,6-7,9H2,1H3,(H2,17,18,19). The molecule has 0 spiro atoms. The Hall–Kier alpha value is -2.18. The summed E-state index contributed by atoms with van der Waals surface area (Å²) in [6.45, 7) is 4.83. The van der Waals surface area contributed by atoms with Gasteiger partial charge in [0.05, 0.1) is 5.39 Å². The average Bonchev–Trinajstić information content (AvgIpc) is 3.19. The van der Waals surface area contributed by atoms with Crippen LogP contribution >= 0.6 is 11.3 Å². The summed E-state index contributed by atoms with van der Waals surface area (Å²) in [4.78, 5) is 13.5. The van der Waals surface area contributed by atoms with E-state index in [1.807, 2.05) is 19.1 Å². The Balaban J connectivity index is 1.71. The lowest BCUT2D eigenvalue weighted by Crippen LogP contribution is -2.18. The van der Waals surface area contributed by atoms with E-state index in [0.29, 0.717) is 17.4 Å². The molecule has 22 heavy (non-hydrogen) atoms. The lowest BCUT2D eigenvalue weighted by molar-refractivity contribution is 0.348. The highest BCUT2D eigenvalue weighted by molar-refractivity contribution is 7.18. The van der Waals surface area contributed by atoms with E-state index >= 15 is 0 Å². The van der Waals surface area contributed by atoms with E-state index in [9.17, 15) is 0 Å². The largest absolute Gasteiger partial charge is 0.458 e. The van der Waals surface area contributed by atoms with Crippen molar-refractivity contribution in [2.45, 2.75) is 13.5 Å². The number of hydrogen-bond donors (Lipinski definition) is 1. The third-order valence-electron chi connectivity index (χ3n) is 3.71. The van der Waals surface area contributed by atoms with Gasteiger partial charge in [-0.25, -0.2) is 9.97 Å². The van der Waals surface area contributed by atoms with Gasteiger partial charge in [-0.05, 0) is 25.1 Å². The zero-order valence-electron chi connectivity index (χ0n) is 12.2. The minimum absolute atomic E-state index is 0.510. The topological polar surface area (TPSA) is 68.2 Å². The number of hydrogen-bond acceptors (Lipinski definition) is 6. The lowest BCUT2D eigenvalue weighted by Gasteiger charge is -2.12. The van der Waals surface area contributed by atoms with Crippen molar-refractivity contribution in [3.8, 4) is 11.6 Å². The number of aryl methyl sites for hydroxylation is 1. The van der Waals surface area contributed by atoms with Crippen LogP contribution in [0.1, 0.15) is 10.6 Å². The van der Waals surface area contributed by atoms with E-state index in [2.05, 4.69) is 33.1 Å². The van der Waals surface area contributed by atoms with Gasteiger partial charge in [0, 0.05) is 24.5 Å². The van der Waals surface area contributed by atoms with E-state index in [4.69, 9.17) is 10.2 Å². The second-order valence-corrected chi connectivity index (χ2v) is 6.55. The molecule has 4 rings (SSSR count). The molecule has 0 saturated heterocycles. The van der Waals surface area contributed by atoms with Crippen LogP contribution in [-0.2, 0) is 6.54 Å². The van der Waals surface area contributed by atoms with Gasteiger partial charge in [-0.3, -0.25) is 4.90 Å². The second kappa shape index (κ2) is 5.23. The summed E-state index contributed by atoms with van der Waals surface area (Å²) in [6.07, 6.45) is 4.39. The molecule has 0 aromatic carbocycles. The number of nitrogens with zero attached hydrogens (tertiary/aromatic N) is 3. The molecule has 0 bridgehead atoms. The maximum atomic E-state index is 6.11. The predicted octanol–water partition coefficient (Wildman–Crippen LogP) is 3.21. The SMILES string of the molecule is Cc1ccc(-c2nc(N)c3cc(CN4CC=CC4)sc3n2)o1. The highest BCUT2D eigenvalue weighted by Gasteiger charge is 2.15. The monoisotopic (exact) mass is 312 g/mol.